The van der Waals surface area contributed by atoms with Crippen LogP contribution in [0, 0.1) is 6.92 Å². The minimum atomic E-state index is 0.562. The number of rotatable bonds is 8. The Morgan fingerprint density at radius 2 is 2.00 bits per heavy atom. The van der Waals surface area contributed by atoms with E-state index in [4.69, 9.17) is 0 Å². The van der Waals surface area contributed by atoms with Crippen LogP contribution in [0.15, 0.2) is 5.16 Å². The summed E-state index contributed by atoms with van der Waals surface area (Å²) < 4.78 is 2.07. The number of thioether (sulfide) groups is 1. The first-order chi connectivity index (χ1) is 8.63. The van der Waals surface area contributed by atoms with Crippen molar-refractivity contribution in [3.8, 4) is 0 Å². The minimum absolute atomic E-state index is 0.562. The molecular formula is C13H26N4S. The van der Waals surface area contributed by atoms with Gasteiger partial charge in [0.25, 0.3) is 0 Å². The minimum Gasteiger partial charge on any atom is -0.313 e. The van der Waals surface area contributed by atoms with E-state index >= 15 is 0 Å². The Morgan fingerprint density at radius 1 is 1.28 bits per heavy atom. The van der Waals surface area contributed by atoms with Crippen LogP contribution in [-0.4, -0.2) is 32.6 Å². The third-order valence-corrected chi connectivity index (χ3v) is 4.76. The lowest BCUT2D eigenvalue weighted by atomic mass is 10.1. The Hall–Kier alpha value is -0.550. The van der Waals surface area contributed by atoms with E-state index in [0.717, 1.165) is 23.9 Å². The van der Waals surface area contributed by atoms with Crippen LogP contribution in [0.2, 0.25) is 0 Å². The monoisotopic (exact) mass is 270 g/mol. The summed E-state index contributed by atoms with van der Waals surface area (Å²) in [6, 6.07) is 0.562. The molecule has 0 saturated heterocycles. The van der Waals surface area contributed by atoms with E-state index in [9.17, 15) is 0 Å². The molecule has 0 aliphatic carbocycles. The lowest BCUT2D eigenvalue weighted by Gasteiger charge is -2.25. The largest absolute Gasteiger partial charge is 0.313 e. The summed E-state index contributed by atoms with van der Waals surface area (Å²) in [5.74, 6) is 0.975. The second kappa shape index (κ2) is 7.79. The second-order valence-electron chi connectivity index (χ2n) is 4.61. The summed E-state index contributed by atoms with van der Waals surface area (Å²) >= 11 is 1.85. The first-order valence-corrected chi connectivity index (χ1v) is 7.77. The fraction of sp³-hybridized carbons (Fsp3) is 0.846. The normalized spacial score (nSPS) is 14.7. The molecule has 104 valence electrons. The molecule has 1 rings (SSSR count). The fourth-order valence-electron chi connectivity index (χ4n) is 2.07. The smallest absolute Gasteiger partial charge is 0.191 e. The van der Waals surface area contributed by atoms with Gasteiger partial charge in [-0.15, -0.1) is 10.2 Å². The van der Waals surface area contributed by atoms with Gasteiger partial charge in [-0.1, -0.05) is 39.0 Å². The molecule has 1 N–H and O–H groups in total. The van der Waals surface area contributed by atoms with Crippen molar-refractivity contribution in [2.75, 3.05) is 6.54 Å². The summed E-state index contributed by atoms with van der Waals surface area (Å²) in [6.07, 6.45) is 3.58. The quantitative estimate of drug-likeness (QED) is 0.738. The van der Waals surface area contributed by atoms with Gasteiger partial charge in [0, 0.05) is 18.3 Å². The Labute approximate surface area is 115 Å². The molecule has 18 heavy (non-hydrogen) atoms. The van der Waals surface area contributed by atoms with Gasteiger partial charge in [-0.2, -0.15) is 0 Å². The summed E-state index contributed by atoms with van der Waals surface area (Å²) in [6.45, 7) is 9.69. The van der Waals surface area contributed by atoms with Gasteiger partial charge in [-0.3, -0.25) is 0 Å². The van der Waals surface area contributed by atoms with Gasteiger partial charge < -0.3 is 9.88 Å². The maximum absolute atomic E-state index is 4.25. The molecule has 0 aromatic carbocycles. The zero-order valence-electron chi connectivity index (χ0n) is 12.2. The fourth-order valence-corrected chi connectivity index (χ4v) is 3.28. The molecule has 0 aliphatic rings. The van der Waals surface area contributed by atoms with Crippen LogP contribution in [0.1, 0.15) is 45.9 Å². The van der Waals surface area contributed by atoms with Crippen molar-refractivity contribution >= 4 is 11.8 Å². The molecule has 0 radical (unpaired) electrons. The van der Waals surface area contributed by atoms with Crippen LogP contribution >= 0.6 is 11.8 Å². The Balaban J connectivity index is 2.72. The number of hydrogen-bond donors (Lipinski definition) is 1. The van der Waals surface area contributed by atoms with Crippen molar-refractivity contribution in [3.63, 3.8) is 0 Å². The molecule has 2 unspecified atom stereocenters. The topological polar surface area (TPSA) is 42.7 Å². The lowest BCUT2D eigenvalue weighted by Crippen LogP contribution is -2.37. The van der Waals surface area contributed by atoms with E-state index in [0.29, 0.717) is 11.3 Å². The highest BCUT2D eigenvalue weighted by molar-refractivity contribution is 7.99. The van der Waals surface area contributed by atoms with Gasteiger partial charge >= 0.3 is 0 Å². The van der Waals surface area contributed by atoms with E-state index in [1.807, 2.05) is 25.7 Å². The molecule has 0 amide bonds. The molecule has 0 bridgehead atoms. The van der Waals surface area contributed by atoms with Gasteiger partial charge in [0.1, 0.15) is 5.82 Å². The van der Waals surface area contributed by atoms with Crippen molar-refractivity contribution in [2.45, 2.75) is 63.4 Å². The van der Waals surface area contributed by atoms with Crippen molar-refractivity contribution in [2.24, 2.45) is 7.05 Å². The Kier molecular flexibility index (Phi) is 6.71. The molecule has 1 aromatic rings. The number of nitrogens with one attached hydrogen (secondary N) is 1. The second-order valence-corrected chi connectivity index (χ2v) is 5.81. The van der Waals surface area contributed by atoms with Gasteiger partial charge in [-0.05, 0) is 26.3 Å². The predicted molar refractivity (Wildman–Crippen MR) is 78.0 cm³/mol. The molecule has 5 heteroatoms. The number of aromatic nitrogens is 3. The molecule has 1 aromatic heterocycles. The lowest BCUT2D eigenvalue weighted by molar-refractivity contribution is 0.464. The van der Waals surface area contributed by atoms with E-state index < -0.39 is 0 Å². The van der Waals surface area contributed by atoms with Gasteiger partial charge in [0.15, 0.2) is 5.16 Å². The van der Waals surface area contributed by atoms with Crippen LogP contribution in [-0.2, 0) is 7.05 Å². The molecule has 0 saturated carbocycles. The molecule has 0 aliphatic heterocycles. The van der Waals surface area contributed by atoms with Crippen molar-refractivity contribution in [1.82, 2.24) is 20.1 Å². The molecular weight excluding hydrogens is 244 g/mol. The molecule has 1 heterocycles. The number of nitrogens with zero attached hydrogens (tertiary/aromatic N) is 3. The van der Waals surface area contributed by atoms with E-state index in [1.165, 1.54) is 12.8 Å². The summed E-state index contributed by atoms with van der Waals surface area (Å²) in [7, 11) is 2.03. The van der Waals surface area contributed by atoms with Crippen LogP contribution < -0.4 is 5.32 Å². The van der Waals surface area contributed by atoms with E-state index in [1.54, 1.807) is 0 Å². The van der Waals surface area contributed by atoms with Crippen molar-refractivity contribution in [1.29, 1.82) is 0 Å². The highest BCUT2D eigenvalue weighted by atomic mass is 32.2. The summed E-state index contributed by atoms with van der Waals surface area (Å²) in [5, 5.41) is 13.6. The van der Waals surface area contributed by atoms with Crippen LogP contribution in [0.25, 0.3) is 0 Å². The van der Waals surface area contributed by atoms with Crippen molar-refractivity contribution in [3.05, 3.63) is 5.82 Å². The van der Waals surface area contributed by atoms with Crippen LogP contribution in [0.4, 0.5) is 0 Å². The summed E-state index contributed by atoms with van der Waals surface area (Å²) in [5.41, 5.74) is 0. The average Bonchev–Trinajstić information content (AvgIpc) is 2.67. The predicted octanol–water partition coefficient (Wildman–Crippen LogP) is 2.77. The van der Waals surface area contributed by atoms with Gasteiger partial charge in [0.05, 0.1) is 0 Å². The first kappa shape index (κ1) is 15.5. The number of aryl methyl sites for hydroxylation is 1. The third kappa shape index (κ3) is 3.99. The maximum atomic E-state index is 4.25. The Bertz CT molecular complexity index is 345. The van der Waals surface area contributed by atoms with E-state index in [-0.39, 0.29) is 0 Å². The highest BCUT2D eigenvalue weighted by Crippen LogP contribution is 2.27. The van der Waals surface area contributed by atoms with Crippen molar-refractivity contribution < 1.29 is 0 Å². The van der Waals surface area contributed by atoms with Crippen LogP contribution in [0.3, 0.4) is 0 Å². The zero-order valence-corrected chi connectivity index (χ0v) is 13.0. The highest BCUT2D eigenvalue weighted by Gasteiger charge is 2.21. The van der Waals surface area contributed by atoms with E-state index in [2.05, 4.69) is 40.9 Å². The summed E-state index contributed by atoms with van der Waals surface area (Å²) in [4.78, 5) is 0. The maximum Gasteiger partial charge on any atom is 0.191 e. The zero-order chi connectivity index (χ0) is 13.5. The average molecular weight is 270 g/mol. The first-order valence-electron chi connectivity index (χ1n) is 6.89. The van der Waals surface area contributed by atoms with Gasteiger partial charge in [0.2, 0.25) is 0 Å². The molecule has 0 spiro atoms. The standard InChI is InChI=1S/C13H26N4S/c1-6-9-11(14-8-3)12(7-2)18-13-16-15-10(4)17(13)5/h11-12,14H,6-9H2,1-5H3. The SMILES string of the molecule is CCCC(NCC)C(CC)Sc1nnc(C)n1C. The van der Waals surface area contributed by atoms with Crippen LogP contribution in [0.5, 0.6) is 0 Å². The molecule has 2 atom stereocenters. The third-order valence-electron chi connectivity index (χ3n) is 3.23. The van der Waals surface area contributed by atoms with Gasteiger partial charge in [-0.25, -0.2) is 0 Å². The Morgan fingerprint density at radius 3 is 2.44 bits per heavy atom. The molecule has 4 nitrogen and oxygen atoms in total. The molecule has 0 fully saturated rings. The number of hydrogen-bond acceptors (Lipinski definition) is 4.